The van der Waals surface area contributed by atoms with E-state index in [1.54, 1.807) is 0 Å². The smallest absolute Gasteiger partial charge is 0.338 e. The van der Waals surface area contributed by atoms with Crippen LogP contribution in [0.3, 0.4) is 0 Å². The summed E-state index contributed by atoms with van der Waals surface area (Å²) in [4.78, 5) is 9.99. The molecular formula is C5H9FO3. The van der Waals surface area contributed by atoms with Crippen molar-refractivity contribution in [3.8, 4) is 0 Å². The van der Waals surface area contributed by atoms with Gasteiger partial charge in [0.2, 0.25) is 0 Å². The number of carboxylic acid groups (broad SMARTS) is 1. The zero-order valence-electron chi connectivity index (χ0n) is 5.09. The monoisotopic (exact) mass is 136 g/mol. The van der Waals surface area contributed by atoms with Gasteiger partial charge in [-0.25, -0.2) is 9.18 Å². The molecule has 0 aromatic rings. The van der Waals surface area contributed by atoms with Crippen molar-refractivity contribution in [3.63, 3.8) is 0 Å². The Morgan fingerprint density at radius 1 is 1.78 bits per heavy atom. The van der Waals surface area contributed by atoms with Crippen LogP contribution in [0, 0.1) is 0 Å². The summed E-state index contributed by atoms with van der Waals surface area (Å²) in [6.45, 7) is 0.173. The van der Waals surface area contributed by atoms with Crippen molar-refractivity contribution < 1.29 is 19.4 Å². The summed E-state index contributed by atoms with van der Waals surface area (Å²) in [6.07, 6.45) is -0.112. The van der Waals surface area contributed by atoms with Gasteiger partial charge in [0.15, 0.2) is 5.60 Å². The maximum atomic E-state index is 11.7. The van der Waals surface area contributed by atoms with Crippen molar-refractivity contribution >= 4 is 5.97 Å². The molecule has 0 spiro atoms. The minimum absolute atomic E-state index is 0.112. The first-order chi connectivity index (χ1) is 4.06. The van der Waals surface area contributed by atoms with Crippen LogP contribution < -0.4 is 0 Å². The highest BCUT2D eigenvalue weighted by Crippen LogP contribution is 2.09. The third kappa shape index (κ3) is 1.64. The highest BCUT2D eigenvalue weighted by molar-refractivity contribution is 5.77. The molecular weight excluding hydrogens is 127 g/mol. The molecule has 0 rings (SSSR count). The molecule has 0 heterocycles. The van der Waals surface area contributed by atoms with Crippen LogP contribution in [0.25, 0.3) is 0 Å². The van der Waals surface area contributed by atoms with E-state index in [-0.39, 0.29) is 6.42 Å². The molecule has 0 aromatic carbocycles. The van der Waals surface area contributed by atoms with Crippen molar-refractivity contribution in [1.29, 1.82) is 0 Å². The van der Waals surface area contributed by atoms with Gasteiger partial charge in [-0.3, -0.25) is 0 Å². The van der Waals surface area contributed by atoms with Gasteiger partial charge < -0.3 is 10.2 Å². The average Bonchev–Trinajstić information content (AvgIpc) is 1.86. The van der Waals surface area contributed by atoms with Crippen molar-refractivity contribution in [1.82, 2.24) is 0 Å². The maximum absolute atomic E-state index is 11.7. The molecule has 0 saturated heterocycles. The lowest BCUT2D eigenvalue weighted by atomic mass is 10.0. The predicted molar refractivity (Wildman–Crippen MR) is 28.9 cm³/mol. The van der Waals surface area contributed by atoms with Gasteiger partial charge >= 0.3 is 5.97 Å². The van der Waals surface area contributed by atoms with E-state index in [0.29, 0.717) is 0 Å². The van der Waals surface area contributed by atoms with Crippen molar-refractivity contribution in [2.75, 3.05) is 6.67 Å². The second kappa shape index (κ2) is 2.77. The van der Waals surface area contributed by atoms with Crippen molar-refractivity contribution in [2.24, 2.45) is 0 Å². The molecule has 54 valence electrons. The summed E-state index contributed by atoms with van der Waals surface area (Å²) in [7, 11) is 0. The summed E-state index contributed by atoms with van der Waals surface area (Å²) >= 11 is 0. The Morgan fingerprint density at radius 3 is 2.22 bits per heavy atom. The number of hydrogen-bond donors (Lipinski definition) is 2. The number of hydrogen-bond acceptors (Lipinski definition) is 2. The van der Waals surface area contributed by atoms with Gasteiger partial charge in [0.25, 0.3) is 0 Å². The Hall–Kier alpha value is -0.640. The topological polar surface area (TPSA) is 57.5 Å². The quantitative estimate of drug-likeness (QED) is 0.582. The molecule has 0 aliphatic carbocycles. The Labute approximate surface area is 52.1 Å². The molecule has 3 nitrogen and oxygen atoms in total. The van der Waals surface area contributed by atoms with Gasteiger partial charge in [0, 0.05) is 0 Å². The van der Waals surface area contributed by atoms with Gasteiger partial charge in [0.1, 0.15) is 6.67 Å². The van der Waals surface area contributed by atoms with Gasteiger partial charge in [-0.1, -0.05) is 6.92 Å². The van der Waals surface area contributed by atoms with Gasteiger partial charge in [-0.05, 0) is 6.42 Å². The summed E-state index contributed by atoms with van der Waals surface area (Å²) in [5.41, 5.74) is -2.17. The zero-order valence-corrected chi connectivity index (χ0v) is 5.09. The molecule has 0 radical (unpaired) electrons. The minimum Gasteiger partial charge on any atom is -0.479 e. The molecule has 1 atom stereocenters. The molecule has 0 aliphatic heterocycles. The summed E-state index contributed by atoms with van der Waals surface area (Å²) < 4.78 is 11.7. The highest BCUT2D eigenvalue weighted by Gasteiger charge is 2.33. The van der Waals surface area contributed by atoms with E-state index in [1.807, 2.05) is 0 Å². The largest absolute Gasteiger partial charge is 0.479 e. The van der Waals surface area contributed by atoms with Crippen LogP contribution in [0.5, 0.6) is 0 Å². The number of carboxylic acids is 1. The first-order valence-corrected chi connectivity index (χ1v) is 2.58. The average molecular weight is 136 g/mol. The van der Waals surface area contributed by atoms with Crippen LogP contribution in [0.4, 0.5) is 4.39 Å². The first kappa shape index (κ1) is 8.36. The number of carbonyl (C=O) groups is 1. The molecule has 9 heavy (non-hydrogen) atoms. The third-order valence-electron chi connectivity index (χ3n) is 1.20. The van der Waals surface area contributed by atoms with Gasteiger partial charge in [-0.2, -0.15) is 0 Å². The molecule has 0 aliphatic rings. The van der Waals surface area contributed by atoms with E-state index in [2.05, 4.69) is 0 Å². The van der Waals surface area contributed by atoms with E-state index < -0.39 is 18.2 Å². The minimum atomic E-state index is -2.17. The third-order valence-corrected chi connectivity index (χ3v) is 1.20. The summed E-state index contributed by atoms with van der Waals surface area (Å²) in [5.74, 6) is -1.51. The molecule has 0 amide bonds. The standard InChI is InChI=1S/C5H9FO3/c1-2-5(9,3-6)4(7)8/h9H,2-3H2,1H3,(H,7,8). The Kier molecular flexibility index (Phi) is 2.58. The molecule has 0 fully saturated rings. The van der Waals surface area contributed by atoms with E-state index in [4.69, 9.17) is 10.2 Å². The fourth-order valence-electron chi connectivity index (χ4n) is 0.303. The van der Waals surface area contributed by atoms with Crippen LogP contribution in [0.15, 0.2) is 0 Å². The van der Waals surface area contributed by atoms with Gasteiger partial charge in [-0.15, -0.1) is 0 Å². The van der Waals surface area contributed by atoms with Crippen LogP contribution >= 0.6 is 0 Å². The number of halogens is 1. The lowest BCUT2D eigenvalue weighted by Crippen LogP contribution is -2.39. The zero-order chi connectivity index (χ0) is 7.49. The SMILES string of the molecule is CCC(O)(CF)C(=O)O. The fraction of sp³-hybridized carbons (Fsp3) is 0.800. The van der Waals surface area contributed by atoms with E-state index in [9.17, 15) is 9.18 Å². The van der Waals surface area contributed by atoms with Crippen molar-refractivity contribution in [3.05, 3.63) is 0 Å². The van der Waals surface area contributed by atoms with E-state index in [0.717, 1.165) is 0 Å². The Morgan fingerprint density at radius 2 is 2.22 bits per heavy atom. The van der Waals surface area contributed by atoms with Crippen LogP contribution in [-0.2, 0) is 4.79 Å². The molecule has 0 saturated carbocycles. The molecule has 0 bridgehead atoms. The van der Waals surface area contributed by atoms with Crippen LogP contribution in [0.1, 0.15) is 13.3 Å². The van der Waals surface area contributed by atoms with Crippen LogP contribution in [0.2, 0.25) is 0 Å². The van der Waals surface area contributed by atoms with E-state index >= 15 is 0 Å². The Balaban J connectivity index is 4.09. The highest BCUT2D eigenvalue weighted by atomic mass is 19.1. The predicted octanol–water partition coefficient (Wildman–Crippen LogP) is 0.182. The molecule has 0 aromatic heterocycles. The van der Waals surface area contributed by atoms with Gasteiger partial charge in [0.05, 0.1) is 0 Å². The summed E-state index contributed by atoms with van der Waals surface area (Å²) in [5, 5.41) is 16.9. The van der Waals surface area contributed by atoms with Crippen molar-refractivity contribution in [2.45, 2.75) is 18.9 Å². The first-order valence-electron chi connectivity index (χ1n) is 2.58. The van der Waals surface area contributed by atoms with Crippen LogP contribution in [-0.4, -0.2) is 28.5 Å². The summed E-state index contributed by atoms with van der Waals surface area (Å²) in [6, 6.07) is 0. The lowest BCUT2D eigenvalue weighted by molar-refractivity contribution is -0.160. The maximum Gasteiger partial charge on any atom is 0.338 e. The molecule has 2 N–H and O–H groups in total. The van der Waals surface area contributed by atoms with E-state index in [1.165, 1.54) is 6.92 Å². The fourth-order valence-corrected chi connectivity index (χ4v) is 0.303. The number of rotatable bonds is 3. The second-order valence-electron chi connectivity index (χ2n) is 1.82. The molecule has 4 heteroatoms. The number of aliphatic hydroxyl groups is 1. The second-order valence-corrected chi connectivity index (χ2v) is 1.82. The number of aliphatic carboxylic acids is 1. The molecule has 1 unspecified atom stereocenters. The normalized spacial score (nSPS) is 16.8. The lowest BCUT2D eigenvalue weighted by Gasteiger charge is -2.15. The Bertz CT molecular complexity index is 109. The number of alkyl halides is 1.